The van der Waals surface area contributed by atoms with Crippen molar-refractivity contribution in [2.45, 2.75) is 43.4 Å². The van der Waals surface area contributed by atoms with E-state index in [2.05, 4.69) is 0 Å². The van der Waals surface area contributed by atoms with Crippen LogP contribution in [0.1, 0.15) is 36.8 Å². The summed E-state index contributed by atoms with van der Waals surface area (Å²) in [6.07, 6.45) is -2.79. The van der Waals surface area contributed by atoms with Crippen LogP contribution in [0.25, 0.3) is 5.76 Å². The number of esters is 1. The monoisotopic (exact) mass is 544 g/mol. The average Bonchev–Trinajstić information content (AvgIpc) is 2.84. The van der Waals surface area contributed by atoms with Gasteiger partial charge < -0.3 is 36.0 Å². The van der Waals surface area contributed by atoms with Crippen LogP contribution >= 0.6 is 0 Å². The Bertz CT molecular complexity index is 1380. The summed E-state index contributed by atoms with van der Waals surface area (Å²) in [6, 6.07) is 2.81. The number of phenolic OH excluding ortho intramolecular Hbond substituents is 1. The van der Waals surface area contributed by atoms with E-state index < -0.39 is 100 Å². The number of fused-ring (bicyclic) bond motifs is 3. The zero-order valence-electron chi connectivity index (χ0n) is 21.2. The maximum atomic E-state index is 14.0. The first-order valence-electron chi connectivity index (χ1n) is 12.0. The number of hydrogen-bond donors (Lipinski definition) is 6. The molecule has 1 amide bonds. The number of aliphatic hydroxyl groups is 3. The van der Waals surface area contributed by atoms with E-state index in [1.54, 1.807) is 13.0 Å². The number of rotatable bonds is 6. The van der Waals surface area contributed by atoms with Crippen molar-refractivity contribution in [3.63, 3.8) is 0 Å². The largest absolute Gasteiger partial charge is 0.508 e. The molecule has 3 aliphatic carbocycles. The van der Waals surface area contributed by atoms with Gasteiger partial charge >= 0.3 is 11.9 Å². The third-order valence-corrected chi connectivity index (χ3v) is 7.78. The van der Waals surface area contributed by atoms with Crippen LogP contribution in [0, 0.1) is 11.8 Å². The molecule has 39 heavy (non-hydrogen) atoms. The van der Waals surface area contributed by atoms with Gasteiger partial charge in [-0.1, -0.05) is 19.1 Å². The highest BCUT2D eigenvalue weighted by Gasteiger charge is 2.69. The van der Waals surface area contributed by atoms with Crippen LogP contribution in [0.5, 0.6) is 5.75 Å². The molecule has 7 N–H and O–H groups in total. The van der Waals surface area contributed by atoms with Gasteiger partial charge in [-0.3, -0.25) is 28.9 Å². The summed E-state index contributed by atoms with van der Waals surface area (Å²) >= 11 is 0. The number of nitrogens with two attached hydrogens (primary N) is 1. The van der Waals surface area contributed by atoms with Crippen molar-refractivity contribution < 1.29 is 54.2 Å². The van der Waals surface area contributed by atoms with Gasteiger partial charge in [-0.2, -0.15) is 0 Å². The molecule has 0 aromatic heterocycles. The van der Waals surface area contributed by atoms with E-state index in [4.69, 9.17) is 15.6 Å². The van der Waals surface area contributed by atoms with Gasteiger partial charge in [0, 0.05) is 11.5 Å². The number of ether oxygens (including phenoxy) is 1. The number of ketones is 2. The number of aromatic hydroxyl groups is 1. The van der Waals surface area contributed by atoms with E-state index in [9.17, 15) is 44.4 Å². The number of carbonyl (C=O) groups is 5. The molecular weight excluding hydrogens is 516 g/mol. The van der Waals surface area contributed by atoms with Gasteiger partial charge in [-0.25, -0.2) is 0 Å². The molecule has 3 aliphatic rings. The Labute approximate surface area is 221 Å². The molecule has 0 saturated heterocycles. The van der Waals surface area contributed by atoms with Crippen molar-refractivity contribution in [2.75, 3.05) is 14.1 Å². The fourth-order valence-electron chi connectivity index (χ4n) is 6.11. The van der Waals surface area contributed by atoms with Gasteiger partial charge in [0.25, 0.3) is 5.91 Å². The van der Waals surface area contributed by atoms with Gasteiger partial charge in [0.15, 0.2) is 11.4 Å². The fraction of sp³-hybridized carbons (Fsp3) is 0.423. The molecule has 0 bridgehead atoms. The second-order valence-electron chi connectivity index (χ2n) is 10.1. The van der Waals surface area contributed by atoms with Crippen molar-refractivity contribution in [2.24, 2.45) is 17.6 Å². The predicted octanol–water partition coefficient (Wildman–Crippen LogP) is -0.0885. The molecule has 0 heterocycles. The van der Waals surface area contributed by atoms with E-state index in [1.165, 1.54) is 31.1 Å². The number of benzene rings is 1. The van der Waals surface area contributed by atoms with E-state index in [1.807, 2.05) is 0 Å². The Kier molecular flexibility index (Phi) is 6.77. The van der Waals surface area contributed by atoms with Crippen molar-refractivity contribution in [3.8, 4) is 5.75 Å². The van der Waals surface area contributed by atoms with Gasteiger partial charge in [0.1, 0.15) is 28.9 Å². The lowest BCUT2D eigenvalue weighted by Crippen LogP contribution is -2.71. The van der Waals surface area contributed by atoms with Gasteiger partial charge in [0.2, 0.25) is 5.78 Å². The van der Waals surface area contributed by atoms with E-state index in [0.717, 1.165) is 0 Å². The lowest BCUT2D eigenvalue weighted by Gasteiger charge is -2.54. The van der Waals surface area contributed by atoms with Crippen LogP contribution in [0.15, 0.2) is 35.1 Å². The summed E-state index contributed by atoms with van der Waals surface area (Å²) in [6.45, 7) is 1.62. The zero-order valence-corrected chi connectivity index (χ0v) is 21.2. The molecular formula is C26H28N2O11. The second-order valence-corrected chi connectivity index (χ2v) is 10.1. The highest BCUT2D eigenvalue weighted by Crippen LogP contribution is 2.56. The molecule has 13 nitrogen and oxygen atoms in total. The Morgan fingerprint density at radius 1 is 1.10 bits per heavy atom. The number of nitrogens with zero attached hydrogens (tertiary/aromatic N) is 1. The maximum absolute atomic E-state index is 14.0. The van der Waals surface area contributed by atoms with Crippen LogP contribution in [-0.2, 0) is 28.7 Å². The molecule has 0 radical (unpaired) electrons. The van der Waals surface area contributed by atoms with Crippen LogP contribution in [0.2, 0.25) is 0 Å². The predicted molar refractivity (Wildman–Crippen MR) is 131 cm³/mol. The molecule has 1 fully saturated rings. The summed E-state index contributed by atoms with van der Waals surface area (Å²) in [5.41, 5.74) is 0.990. The molecule has 1 aromatic carbocycles. The quantitative estimate of drug-likeness (QED) is 0.204. The van der Waals surface area contributed by atoms with Crippen LogP contribution in [-0.4, -0.2) is 91.7 Å². The van der Waals surface area contributed by atoms with E-state index in [-0.39, 0.29) is 11.3 Å². The molecule has 1 aromatic rings. The number of hydrogen-bond acceptors (Lipinski definition) is 11. The highest BCUT2D eigenvalue weighted by atomic mass is 16.5. The summed E-state index contributed by atoms with van der Waals surface area (Å²) in [5, 5.41) is 53.7. The Morgan fingerprint density at radius 2 is 1.74 bits per heavy atom. The van der Waals surface area contributed by atoms with Gasteiger partial charge in [0.05, 0.1) is 30.4 Å². The zero-order chi connectivity index (χ0) is 29.1. The lowest BCUT2D eigenvalue weighted by molar-refractivity contribution is -0.185. The number of Topliss-reactive ketones (excluding diaryl/α,β-unsaturated/α-hetero) is 2. The number of aliphatic hydroxyl groups excluding tert-OH is 2. The van der Waals surface area contributed by atoms with Gasteiger partial charge in [-0.05, 0) is 31.6 Å². The van der Waals surface area contributed by atoms with Crippen molar-refractivity contribution in [3.05, 3.63) is 46.2 Å². The van der Waals surface area contributed by atoms with Crippen molar-refractivity contribution in [1.82, 2.24) is 4.90 Å². The normalized spacial score (nSPS) is 30.0. The molecule has 0 aliphatic heterocycles. The first-order chi connectivity index (χ1) is 18.2. The second kappa shape index (κ2) is 9.50. The number of aliphatic carboxylic acids is 1. The molecule has 13 heteroatoms. The van der Waals surface area contributed by atoms with Crippen LogP contribution in [0.3, 0.4) is 0 Å². The third-order valence-electron chi connectivity index (χ3n) is 7.78. The first kappa shape index (κ1) is 27.8. The molecule has 1 saturated carbocycles. The Morgan fingerprint density at radius 3 is 2.31 bits per heavy atom. The number of phenols is 1. The van der Waals surface area contributed by atoms with E-state index in [0.29, 0.717) is 5.56 Å². The van der Waals surface area contributed by atoms with Crippen LogP contribution < -0.4 is 5.73 Å². The van der Waals surface area contributed by atoms with Crippen molar-refractivity contribution in [1.29, 1.82) is 0 Å². The number of carbonyl (C=O) groups excluding carboxylic acids is 4. The summed E-state index contributed by atoms with van der Waals surface area (Å²) < 4.78 is 5.68. The minimum atomic E-state index is -3.06. The molecule has 4 rings (SSSR count). The fourth-order valence-corrected chi connectivity index (χ4v) is 6.11. The Balaban J connectivity index is 2.05. The van der Waals surface area contributed by atoms with Crippen molar-refractivity contribution >= 4 is 35.2 Å². The SMILES string of the molecule is C[C@H]1c2cccc(O)c2C(O)=C2C(=O)[C@]3(O)C(O)=C(C(N)=O)C(=O)[C@@H](N(C)C)[C@@H]3[C@@H](OC(=O)CCC(=O)O)[C@@H]21. The van der Waals surface area contributed by atoms with E-state index >= 15 is 0 Å². The number of carboxylic acid groups (broad SMARTS) is 1. The van der Waals surface area contributed by atoms with Crippen LogP contribution in [0.4, 0.5) is 0 Å². The molecule has 0 spiro atoms. The summed E-state index contributed by atoms with van der Waals surface area (Å²) in [5.74, 6) is -12.2. The lowest BCUT2D eigenvalue weighted by atomic mass is 9.54. The van der Waals surface area contributed by atoms with Gasteiger partial charge in [-0.15, -0.1) is 0 Å². The topological polar surface area (TPSA) is 225 Å². The molecule has 0 unspecified atom stereocenters. The minimum Gasteiger partial charge on any atom is -0.508 e. The third kappa shape index (κ3) is 3.96. The first-order valence-corrected chi connectivity index (χ1v) is 12.0. The number of likely N-dealkylation sites (N-methyl/N-ethyl adjacent to an activating group) is 1. The minimum absolute atomic E-state index is 0.114. The highest BCUT2D eigenvalue weighted by molar-refractivity contribution is 6.24. The average molecular weight is 545 g/mol. The number of carboxylic acids is 1. The number of primary amides is 1. The maximum Gasteiger partial charge on any atom is 0.306 e. The summed E-state index contributed by atoms with van der Waals surface area (Å²) in [4.78, 5) is 64.8. The smallest absolute Gasteiger partial charge is 0.306 e. The standard InChI is InChI=1S/C26H28N2O11/c1-9-10-5-4-6-11(29)15(10)20(33)16-14(9)22(39-13(32)8-7-12(30)31)18-19(28(2)3)21(34)17(25(27)37)24(36)26(18,38)23(16)35/h4-6,9,14,18-19,22,29,33,36,38H,7-8H2,1-3H3,(H2,27,37)(H,30,31)/t9-,14+,18+,19-,22-,26-/m0/s1. The molecule has 6 atom stereocenters. The Hall–Kier alpha value is -4.23. The number of amides is 1. The molecule has 208 valence electrons. The summed E-state index contributed by atoms with van der Waals surface area (Å²) in [7, 11) is 2.80.